The second kappa shape index (κ2) is 5.45. The summed E-state index contributed by atoms with van der Waals surface area (Å²) in [7, 11) is 0. The number of fused-ring (bicyclic) bond motifs is 1. The van der Waals surface area contributed by atoms with Crippen LogP contribution in [0.1, 0.15) is 12.6 Å². The fourth-order valence-corrected chi connectivity index (χ4v) is 2.34. The van der Waals surface area contributed by atoms with Gasteiger partial charge in [-0.2, -0.15) is 0 Å². The van der Waals surface area contributed by atoms with Crippen LogP contribution in [-0.2, 0) is 4.74 Å². The molecular weight excluding hydrogens is 284 g/mol. The van der Waals surface area contributed by atoms with Gasteiger partial charge in [0.25, 0.3) is 0 Å². The number of halogens is 1. The van der Waals surface area contributed by atoms with E-state index in [1.807, 2.05) is 0 Å². The number of aliphatic hydroxyl groups excluding tert-OH is 2. The van der Waals surface area contributed by atoms with Crippen LogP contribution in [0, 0.1) is 0 Å². The fraction of sp³-hybridized carbons (Fsp3) is 0.417. The molecule has 0 saturated heterocycles. The SMILES string of the molecule is OC[C@H]1O[C@@H](n2cnc3c(Cl)ncnc32)CC=C[C@@H]1O. The Kier molecular flexibility index (Phi) is 3.66. The molecule has 7 nitrogen and oxygen atoms in total. The fourth-order valence-electron chi connectivity index (χ4n) is 2.16. The van der Waals surface area contributed by atoms with Crippen LogP contribution in [0.3, 0.4) is 0 Å². The van der Waals surface area contributed by atoms with Crippen molar-refractivity contribution in [3.63, 3.8) is 0 Å². The smallest absolute Gasteiger partial charge is 0.166 e. The van der Waals surface area contributed by atoms with Crippen molar-refractivity contribution in [1.82, 2.24) is 19.5 Å². The first-order chi connectivity index (χ1) is 9.70. The van der Waals surface area contributed by atoms with Gasteiger partial charge in [0, 0.05) is 6.42 Å². The van der Waals surface area contributed by atoms with Gasteiger partial charge in [-0.3, -0.25) is 4.57 Å². The first kappa shape index (κ1) is 13.4. The average molecular weight is 297 g/mol. The summed E-state index contributed by atoms with van der Waals surface area (Å²) >= 11 is 5.96. The highest BCUT2D eigenvalue weighted by Crippen LogP contribution is 2.26. The monoisotopic (exact) mass is 296 g/mol. The molecule has 20 heavy (non-hydrogen) atoms. The van der Waals surface area contributed by atoms with E-state index in [2.05, 4.69) is 15.0 Å². The van der Waals surface area contributed by atoms with E-state index in [-0.39, 0.29) is 11.8 Å². The Hall–Kier alpha value is -1.54. The molecule has 106 valence electrons. The highest BCUT2D eigenvalue weighted by atomic mass is 35.5. The molecule has 8 heteroatoms. The van der Waals surface area contributed by atoms with E-state index < -0.39 is 18.4 Å². The molecule has 0 unspecified atom stereocenters. The summed E-state index contributed by atoms with van der Waals surface area (Å²) in [4.78, 5) is 12.2. The van der Waals surface area contributed by atoms with E-state index in [4.69, 9.17) is 16.3 Å². The summed E-state index contributed by atoms with van der Waals surface area (Å²) in [5, 5.41) is 19.3. The molecule has 2 aromatic heterocycles. The van der Waals surface area contributed by atoms with Crippen molar-refractivity contribution in [2.24, 2.45) is 0 Å². The van der Waals surface area contributed by atoms with Crippen LogP contribution >= 0.6 is 11.6 Å². The Morgan fingerprint density at radius 1 is 1.40 bits per heavy atom. The third kappa shape index (κ3) is 2.29. The van der Waals surface area contributed by atoms with Crippen LogP contribution in [0.4, 0.5) is 0 Å². The lowest BCUT2D eigenvalue weighted by Crippen LogP contribution is -2.32. The number of hydrogen-bond acceptors (Lipinski definition) is 6. The zero-order chi connectivity index (χ0) is 14.1. The number of nitrogens with zero attached hydrogens (tertiary/aromatic N) is 4. The third-order valence-corrected chi connectivity index (χ3v) is 3.46. The molecule has 0 bridgehead atoms. The predicted molar refractivity (Wildman–Crippen MR) is 71.1 cm³/mol. The molecule has 0 radical (unpaired) electrons. The van der Waals surface area contributed by atoms with Crippen LogP contribution in [0.2, 0.25) is 5.15 Å². The molecule has 2 N–H and O–H groups in total. The summed E-state index contributed by atoms with van der Waals surface area (Å²) in [5.41, 5.74) is 1.04. The number of imidazole rings is 1. The minimum atomic E-state index is -0.835. The summed E-state index contributed by atoms with van der Waals surface area (Å²) in [6, 6.07) is 0. The number of aliphatic hydroxyl groups is 2. The standard InChI is InChI=1S/C12H13ClN4O3/c13-11-10-12(15-5-14-11)17(6-16-10)9-3-1-2-7(19)8(4-18)20-9/h1-2,5-9,18-19H,3-4H2/t7-,8+,9+/m0/s1. The van der Waals surface area contributed by atoms with Crippen LogP contribution < -0.4 is 0 Å². The van der Waals surface area contributed by atoms with Crippen molar-refractivity contribution < 1.29 is 14.9 Å². The minimum Gasteiger partial charge on any atom is -0.394 e. The Labute approximate surface area is 119 Å². The maximum absolute atomic E-state index is 9.78. The van der Waals surface area contributed by atoms with Crippen LogP contribution in [0.25, 0.3) is 11.2 Å². The highest BCUT2D eigenvalue weighted by Gasteiger charge is 2.26. The summed E-state index contributed by atoms with van der Waals surface area (Å²) in [5.74, 6) is 0. The van der Waals surface area contributed by atoms with Crippen LogP contribution in [-0.4, -0.2) is 48.5 Å². The molecule has 1 aliphatic heterocycles. The second-order valence-corrected chi connectivity index (χ2v) is 4.81. The van der Waals surface area contributed by atoms with E-state index >= 15 is 0 Å². The largest absolute Gasteiger partial charge is 0.394 e. The lowest BCUT2D eigenvalue weighted by Gasteiger charge is -2.23. The maximum Gasteiger partial charge on any atom is 0.166 e. The molecule has 1 aliphatic rings. The van der Waals surface area contributed by atoms with Gasteiger partial charge in [-0.25, -0.2) is 15.0 Å². The van der Waals surface area contributed by atoms with Crippen molar-refractivity contribution in [3.05, 3.63) is 30.0 Å². The number of rotatable bonds is 2. The number of aromatic nitrogens is 4. The van der Waals surface area contributed by atoms with Gasteiger partial charge in [0.2, 0.25) is 0 Å². The first-order valence-corrected chi connectivity index (χ1v) is 6.52. The minimum absolute atomic E-state index is 0.273. The van der Waals surface area contributed by atoms with Gasteiger partial charge in [0.1, 0.15) is 30.3 Å². The van der Waals surface area contributed by atoms with Crippen molar-refractivity contribution in [3.8, 4) is 0 Å². The Bertz CT molecular complexity index is 645. The molecular formula is C12H13ClN4O3. The Morgan fingerprint density at radius 2 is 2.25 bits per heavy atom. The molecule has 3 atom stereocenters. The lowest BCUT2D eigenvalue weighted by molar-refractivity contribution is -0.104. The van der Waals surface area contributed by atoms with E-state index in [9.17, 15) is 10.2 Å². The first-order valence-electron chi connectivity index (χ1n) is 6.14. The van der Waals surface area contributed by atoms with Crippen molar-refractivity contribution in [1.29, 1.82) is 0 Å². The summed E-state index contributed by atoms with van der Waals surface area (Å²) in [6.45, 7) is -0.273. The van der Waals surface area contributed by atoms with Gasteiger partial charge in [0.05, 0.1) is 12.9 Å². The average Bonchev–Trinajstić information content (AvgIpc) is 2.79. The Morgan fingerprint density at radius 3 is 3.05 bits per heavy atom. The molecule has 0 saturated carbocycles. The summed E-state index contributed by atoms with van der Waals surface area (Å²) in [6.07, 6.45) is 4.93. The van der Waals surface area contributed by atoms with Gasteiger partial charge in [-0.05, 0) is 0 Å². The van der Waals surface area contributed by atoms with Gasteiger partial charge in [-0.15, -0.1) is 0 Å². The lowest BCUT2D eigenvalue weighted by atomic mass is 10.2. The normalized spacial score (nSPS) is 26.9. The molecule has 2 aromatic rings. The van der Waals surface area contributed by atoms with Crippen molar-refractivity contribution in [2.45, 2.75) is 24.9 Å². The second-order valence-electron chi connectivity index (χ2n) is 4.45. The maximum atomic E-state index is 9.78. The number of hydrogen-bond donors (Lipinski definition) is 2. The highest BCUT2D eigenvalue weighted by molar-refractivity contribution is 6.33. The summed E-state index contributed by atoms with van der Waals surface area (Å²) < 4.78 is 7.44. The molecule has 0 aliphatic carbocycles. The zero-order valence-corrected chi connectivity index (χ0v) is 11.2. The number of ether oxygens (including phenoxy) is 1. The Balaban J connectivity index is 1.98. The van der Waals surface area contributed by atoms with E-state index in [1.165, 1.54) is 6.33 Å². The van der Waals surface area contributed by atoms with Crippen molar-refractivity contribution >= 4 is 22.8 Å². The van der Waals surface area contributed by atoms with Crippen molar-refractivity contribution in [2.75, 3.05) is 6.61 Å². The van der Waals surface area contributed by atoms with E-state index in [0.717, 1.165) is 0 Å². The molecule has 0 fully saturated rings. The molecule has 0 amide bonds. The molecule has 3 heterocycles. The van der Waals surface area contributed by atoms with Gasteiger partial charge >= 0.3 is 0 Å². The van der Waals surface area contributed by atoms with Gasteiger partial charge < -0.3 is 14.9 Å². The van der Waals surface area contributed by atoms with Crippen LogP contribution in [0.15, 0.2) is 24.8 Å². The quantitative estimate of drug-likeness (QED) is 0.625. The van der Waals surface area contributed by atoms with E-state index in [0.29, 0.717) is 17.6 Å². The van der Waals surface area contributed by atoms with Crippen LogP contribution in [0.5, 0.6) is 0 Å². The topological polar surface area (TPSA) is 93.3 Å². The zero-order valence-electron chi connectivity index (χ0n) is 10.4. The molecule has 0 aromatic carbocycles. The van der Waals surface area contributed by atoms with Gasteiger partial charge in [0.15, 0.2) is 10.8 Å². The van der Waals surface area contributed by atoms with E-state index in [1.54, 1.807) is 23.0 Å². The molecule has 0 spiro atoms. The van der Waals surface area contributed by atoms with Gasteiger partial charge in [-0.1, -0.05) is 23.8 Å². The predicted octanol–water partition coefficient (Wildman–Crippen LogP) is 0.677. The third-order valence-electron chi connectivity index (χ3n) is 3.19. The molecule has 3 rings (SSSR count).